The van der Waals surface area contributed by atoms with E-state index in [4.69, 9.17) is 0 Å². The molecule has 0 radical (unpaired) electrons. The van der Waals surface area contributed by atoms with Crippen LogP contribution in [0.4, 0.5) is 19.1 Å². The zero-order valence-corrected chi connectivity index (χ0v) is 19.5. The molecule has 1 saturated heterocycles. The predicted molar refractivity (Wildman–Crippen MR) is 117 cm³/mol. The predicted octanol–water partition coefficient (Wildman–Crippen LogP) is 2.00. The van der Waals surface area contributed by atoms with Crippen LogP contribution in [0.3, 0.4) is 0 Å². The summed E-state index contributed by atoms with van der Waals surface area (Å²) in [6.07, 6.45) is -0.245. The maximum atomic E-state index is 13.1. The van der Waals surface area contributed by atoms with Gasteiger partial charge in [-0.3, -0.25) is 9.36 Å². The molecule has 0 spiro atoms. The summed E-state index contributed by atoms with van der Waals surface area (Å²) >= 11 is 0. The van der Waals surface area contributed by atoms with E-state index < -0.39 is 39.3 Å². The first-order valence-electron chi connectivity index (χ1n) is 10.9. The van der Waals surface area contributed by atoms with Crippen molar-refractivity contribution in [2.24, 2.45) is 0 Å². The van der Waals surface area contributed by atoms with Crippen molar-refractivity contribution in [3.8, 4) is 5.75 Å². The summed E-state index contributed by atoms with van der Waals surface area (Å²) in [5.41, 5.74) is -2.27. The van der Waals surface area contributed by atoms with E-state index in [0.29, 0.717) is 45.2 Å². The minimum atomic E-state index is -5.06. The zero-order valence-electron chi connectivity index (χ0n) is 18.7. The minimum Gasteiger partial charge on any atom is -0.400 e. The third-order valence-corrected chi connectivity index (χ3v) is 7.72. The molecule has 3 heterocycles. The second kappa shape index (κ2) is 8.64. The number of ether oxygens (including phenoxy) is 1. The minimum absolute atomic E-state index is 0.0813. The third-order valence-electron chi connectivity index (χ3n) is 6.41. The monoisotopic (exact) mass is 505 g/mol. The summed E-state index contributed by atoms with van der Waals surface area (Å²) in [6.45, 7) is 2.20. The first kappa shape index (κ1) is 24.7. The highest BCUT2D eigenvalue weighted by molar-refractivity contribution is 7.88. The standard InChI is InChI=1S/C20H26F3N5O5S/c1-19(30)7-3-4-15(19)28-16-12(10-14(17(28)29)33-20(21,22)23)11-24-18(26-16)25-13-5-8-27(9-6-13)34(2,31)32/h10-11,13,15,30H,3-9H2,1-2H3,(H,24,25,26)/t15-,19-/m1/s1. The Morgan fingerprint density at radius 2 is 1.94 bits per heavy atom. The summed E-state index contributed by atoms with van der Waals surface area (Å²) < 4.78 is 68.5. The molecule has 2 aromatic heterocycles. The van der Waals surface area contributed by atoms with Gasteiger partial charge in [-0.15, -0.1) is 13.2 Å². The van der Waals surface area contributed by atoms with Gasteiger partial charge in [-0.1, -0.05) is 0 Å². The van der Waals surface area contributed by atoms with Crippen LogP contribution in [0.1, 0.15) is 45.1 Å². The van der Waals surface area contributed by atoms with Crippen LogP contribution in [0.2, 0.25) is 0 Å². The molecule has 0 aromatic carbocycles. The molecule has 4 rings (SSSR count). The highest BCUT2D eigenvalue weighted by Crippen LogP contribution is 2.40. The molecule has 2 aromatic rings. The van der Waals surface area contributed by atoms with Gasteiger partial charge in [0.15, 0.2) is 5.75 Å². The number of anilines is 1. The van der Waals surface area contributed by atoms with Gasteiger partial charge in [-0.25, -0.2) is 17.7 Å². The number of rotatable bonds is 5. The van der Waals surface area contributed by atoms with E-state index >= 15 is 0 Å². The van der Waals surface area contributed by atoms with Gasteiger partial charge in [0.25, 0.3) is 5.56 Å². The van der Waals surface area contributed by atoms with E-state index in [1.807, 2.05) is 0 Å². The van der Waals surface area contributed by atoms with Crippen LogP contribution in [-0.4, -0.2) is 69.7 Å². The molecule has 2 fully saturated rings. The lowest BCUT2D eigenvalue weighted by atomic mass is 10.00. The Kier molecular flexibility index (Phi) is 6.27. The van der Waals surface area contributed by atoms with E-state index in [9.17, 15) is 31.5 Å². The molecule has 1 aliphatic heterocycles. The molecule has 1 aliphatic carbocycles. The summed E-state index contributed by atoms with van der Waals surface area (Å²) in [7, 11) is -3.28. The van der Waals surface area contributed by atoms with Gasteiger partial charge in [-0.2, -0.15) is 4.98 Å². The van der Waals surface area contributed by atoms with Crippen molar-refractivity contribution in [2.75, 3.05) is 24.7 Å². The quantitative estimate of drug-likeness (QED) is 0.632. The third kappa shape index (κ3) is 5.13. The number of nitrogens with one attached hydrogen (secondary N) is 1. The van der Waals surface area contributed by atoms with Crippen molar-refractivity contribution >= 4 is 27.0 Å². The average molecular weight is 506 g/mol. The number of sulfonamides is 1. The number of aromatic nitrogens is 3. The molecule has 0 unspecified atom stereocenters. The smallest absolute Gasteiger partial charge is 0.400 e. The maximum absolute atomic E-state index is 13.1. The molecular weight excluding hydrogens is 479 g/mol. The van der Waals surface area contributed by atoms with Crippen LogP contribution in [0, 0.1) is 0 Å². The van der Waals surface area contributed by atoms with Crippen molar-refractivity contribution in [2.45, 2.75) is 63.1 Å². The van der Waals surface area contributed by atoms with Crippen molar-refractivity contribution in [3.63, 3.8) is 0 Å². The van der Waals surface area contributed by atoms with Gasteiger partial charge in [0.2, 0.25) is 16.0 Å². The zero-order chi connectivity index (χ0) is 24.9. The maximum Gasteiger partial charge on any atom is 0.573 e. The highest BCUT2D eigenvalue weighted by atomic mass is 32.2. The normalized spacial score (nSPS) is 25.1. The molecule has 14 heteroatoms. The molecule has 1 saturated carbocycles. The van der Waals surface area contributed by atoms with Crippen LogP contribution in [0.25, 0.3) is 11.0 Å². The van der Waals surface area contributed by atoms with Crippen molar-refractivity contribution in [3.05, 3.63) is 22.6 Å². The fourth-order valence-electron chi connectivity index (χ4n) is 4.70. The number of nitrogens with zero attached hydrogens (tertiary/aromatic N) is 4. The van der Waals surface area contributed by atoms with Gasteiger partial charge < -0.3 is 15.2 Å². The molecule has 10 nitrogen and oxygen atoms in total. The van der Waals surface area contributed by atoms with Gasteiger partial charge in [0, 0.05) is 30.7 Å². The van der Waals surface area contributed by atoms with Crippen molar-refractivity contribution in [1.82, 2.24) is 18.8 Å². The van der Waals surface area contributed by atoms with Gasteiger partial charge in [0.1, 0.15) is 5.65 Å². The Morgan fingerprint density at radius 1 is 1.26 bits per heavy atom. The number of pyridine rings is 1. The van der Waals surface area contributed by atoms with Crippen LogP contribution in [-0.2, 0) is 10.0 Å². The SMILES string of the molecule is C[C@@]1(O)CCC[C@H]1n1c(=O)c(OC(F)(F)F)cc2cnc(NC3CCN(S(C)(=O)=O)CC3)nc21. The number of fused-ring (bicyclic) bond motifs is 1. The van der Waals surface area contributed by atoms with Crippen molar-refractivity contribution < 1.29 is 31.4 Å². The summed E-state index contributed by atoms with van der Waals surface area (Å²) in [5.74, 6) is -0.763. The second-order valence-corrected chi connectivity index (χ2v) is 11.0. The molecule has 2 atom stereocenters. The largest absolute Gasteiger partial charge is 0.573 e. The number of hydrogen-bond donors (Lipinski definition) is 2. The molecule has 188 valence electrons. The molecule has 2 aliphatic rings. The van der Waals surface area contributed by atoms with E-state index in [2.05, 4.69) is 20.0 Å². The van der Waals surface area contributed by atoms with E-state index in [0.717, 1.165) is 16.9 Å². The van der Waals surface area contributed by atoms with Crippen LogP contribution in [0.15, 0.2) is 17.1 Å². The molecule has 34 heavy (non-hydrogen) atoms. The Labute approximate surface area is 193 Å². The number of alkyl halides is 3. The van der Waals surface area contributed by atoms with Crippen LogP contribution in [0.5, 0.6) is 5.75 Å². The van der Waals surface area contributed by atoms with E-state index in [-0.39, 0.29) is 23.0 Å². The van der Waals surface area contributed by atoms with Gasteiger partial charge in [0.05, 0.1) is 17.9 Å². The Balaban J connectivity index is 1.71. The van der Waals surface area contributed by atoms with Gasteiger partial charge >= 0.3 is 6.36 Å². The summed E-state index contributed by atoms with van der Waals surface area (Å²) in [4.78, 5) is 21.6. The number of hydrogen-bond acceptors (Lipinski definition) is 8. The Bertz CT molecular complexity index is 1240. The molecular formula is C20H26F3N5O5S. The number of halogens is 3. The molecule has 0 amide bonds. The summed E-state index contributed by atoms with van der Waals surface area (Å²) in [5, 5.41) is 14.1. The fourth-order valence-corrected chi connectivity index (χ4v) is 5.58. The molecule has 0 bridgehead atoms. The van der Waals surface area contributed by atoms with Crippen LogP contribution >= 0.6 is 0 Å². The Morgan fingerprint density at radius 3 is 2.50 bits per heavy atom. The fraction of sp³-hybridized carbons (Fsp3) is 0.650. The Hall–Kier alpha value is -2.45. The molecule has 2 N–H and O–H groups in total. The highest BCUT2D eigenvalue weighted by Gasteiger charge is 2.41. The average Bonchev–Trinajstić information content (AvgIpc) is 3.06. The lowest BCUT2D eigenvalue weighted by Crippen LogP contribution is -2.42. The number of aliphatic hydroxyl groups is 1. The van der Waals surface area contributed by atoms with Crippen molar-refractivity contribution in [1.29, 1.82) is 0 Å². The van der Waals surface area contributed by atoms with E-state index in [1.165, 1.54) is 17.4 Å². The summed E-state index contributed by atoms with van der Waals surface area (Å²) in [6, 6.07) is 0.0257. The number of piperidine rings is 1. The second-order valence-electron chi connectivity index (χ2n) is 9.05. The first-order chi connectivity index (χ1) is 15.7. The first-order valence-corrected chi connectivity index (χ1v) is 12.7. The van der Waals surface area contributed by atoms with Crippen LogP contribution < -0.4 is 15.6 Å². The lowest BCUT2D eigenvalue weighted by molar-refractivity contribution is -0.275. The topological polar surface area (TPSA) is 127 Å². The lowest BCUT2D eigenvalue weighted by Gasteiger charge is -2.31. The van der Waals surface area contributed by atoms with Gasteiger partial charge in [-0.05, 0) is 45.1 Å². The van der Waals surface area contributed by atoms with E-state index in [1.54, 1.807) is 0 Å².